The average Bonchev–Trinajstić information content (AvgIpc) is 2.23. The maximum atomic E-state index is 11.3. The number of hydrogen-bond donors (Lipinski definition) is 1. The molecule has 94 valence electrons. The van der Waals surface area contributed by atoms with Crippen molar-refractivity contribution in [1.82, 2.24) is 5.32 Å². The summed E-state index contributed by atoms with van der Waals surface area (Å²) in [4.78, 5) is 11.3. The number of nitrogens with one attached hydrogen (secondary N) is 1. The van der Waals surface area contributed by atoms with Gasteiger partial charge in [-0.3, -0.25) is 0 Å². The molecule has 1 amide bonds. The lowest BCUT2D eigenvalue weighted by atomic mass is 10.2. The van der Waals surface area contributed by atoms with Crippen molar-refractivity contribution in [1.29, 1.82) is 0 Å². The van der Waals surface area contributed by atoms with E-state index in [4.69, 9.17) is 9.47 Å². The van der Waals surface area contributed by atoms with Crippen molar-refractivity contribution in [2.75, 3.05) is 13.2 Å². The van der Waals surface area contributed by atoms with Crippen molar-refractivity contribution in [3.63, 3.8) is 0 Å². The highest BCUT2D eigenvalue weighted by atomic mass is 16.6. The maximum absolute atomic E-state index is 11.3. The van der Waals surface area contributed by atoms with Crippen LogP contribution >= 0.6 is 0 Å². The number of hydrogen-bond acceptors (Lipinski definition) is 3. The predicted octanol–water partition coefficient (Wildman–Crippen LogP) is 2.59. The van der Waals surface area contributed by atoms with Crippen molar-refractivity contribution in [3.05, 3.63) is 30.3 Å². The van der Waals surface area contributed by atoms with Gasteiger partial charge in [0.1, 0.15) is 18.0 Å². The third kappa shape index (κ3) is 6.45. The molecule has 0 atom stereocenters. The van der Waals surface area contributed by atoms with Crippen LogP contribution in [0, 0.1) is 0 Å². The first kappa shape index (κ1) is 13.4. The molecule has 0 spiro atoms. The zero-order valence-electron chi connectivity index (χ0n) is 10.5. The van der Waals surface area contributed by atoms with Gasteiger partial charge in [-0.25, -0.2) is 4.79 Å². The molecule has 0 unspecified atom stereocenters. The normalized spacial score (nSPS) is 10.8. The highest BCUT2D eigenvalue weighted by molar-refractivity contribution is 5.67. The molecular weight excluding hydrogens is 218 g/mol. The van der Waals surface area contributed by atoms with Gasteiger partial charge in [0.15, 0.2) is 0 Å². The summed E-state index contributed by atoms with van der Waals surface area (Å²) in [5.41, 5.74) is -0.468. The summed E-state index contributed by atoms with van der Waals surface area (Å²) < 4.78 is 10.5. The van der Waals surface area contributed by atoms with E-state index < -0.39 is 11.7 Å². The number of benzene rings is 1. The quantitative estimate of drug-likeness (QED) is 0.819. The van der Waals surface area contributed by atoms with E-state index in [-0.39, 0.29) is 0 Å². The molecule has 1 aromatic rings. The van der Waals surface area contributed by atoms with E-state index in [0.29, 0.717) is 13.2 Å². The van der Waals surface area contributed by atoms with E-state index in [1.54, 1.807) is 0 Å². The number of alkyl carbamates (subject to hydrolysis) is 1. The lowest BCUT2D eigenvalue weighted by Gasteiger charge is -2.19. The zero-order chi connectivity index (χ0) is 12.7. The van der Waals surface area contributed by atoms with Gasteiger partial charge in [-0.05, 0) is 32.9 Å². The fourth-order valence-electron chi connectivity index (χ4n) is 1.15. The third-order valence-electron chi connectivity index (χ3n) is 1.78. The van der Waals surface area contributed by atoms with Crippen LogP contribution in [0.3, 0.4) is 0 Å². The number of para-hydroxylation sites is 1. The van der Waals surface area contributed by atoms with Crippen molar-refractivity contribution in [3.8, 4) is 5.75 Å². The van der Waals surface area contributed by atoms with Crippen LogP contribution < -0.4 is 10.1 Å². The molecule has 1 aromatic carbocycles. The van der Waals surface area contributed by atoms with E-state index >= 15 is 0 Å². The molecule has 0 aliphatic carbocycles. The van der Waals surface area contributed by atoms with Crippen molar-refractivity contribution >= 4 is 6.09 Å². The second kappa shape index (κ2) is 6.13. The molecule has 0 aromatic heterocycles. The minimum absolute atomic E-state index is 0.420. The van der Waals surface area contributed by atoms with Crippen molar-refractivity contribution in [2.24, 2.45) is 0 Å². The van der Waals surface area contributed by atoms with Crippen molar-refractivity contribution in [2.45, 2.75) is 26.4 Å². The van der Waals surface area contributed by atoms with Gasteiger partial charge in [-0.1, -0.05) is 18.2 Å². The molecule has 0 fully saturated rings. The first-order valence-electron chi connectivity index (χ1n) is 5.62. The molecule has 0 bridgehead atoms. The number of carbonyl (C=O) groups is 1. The van der Waals surface area contributed by atoms with E-state index in [1.165, 1.54) is 0 Å². The fourth-order valence-corrected chi connectivity index (χ4v) is 1.15. The molecule has 4 heteroatoms. The largest absolute Gasteiger partial charge is 0.492 e. The summed E-state index contributed by atoms with van der Waals surface area (Å²) in [5, 5.41) is 2.62. The lowest BCUT2D eigenvalue weighted by Crippen LogP contribution is -2.34. The van der Waals surface area contributed by atoms with Crippen LogP contribution in [0.1, 0.15) is 20.8 Å². The van der Waals surface area contributed by atoms with Gasteiger partial charge < -0.3 is 14.8 Å². The Labute approximate surface area is 102 Å². The molecule has 17 heavy (non-hydrogen) atoms. The van der Waals surface area contributed by atoms with E-state index in [1.807, 2.05) is 51.1 Å². The molecule has 0 heterocycles. The molecular formula is C13H19NO3. The summed E-state index contributed by atoms with van der Waals surface area (Å²) in [6.45, 7) is 6.32. The Morgan fingerprint density at radius 1 is 1.24 bits per heavy atom. The van der Waals surface area contributed by atoms with Gasteiger partial charge in [0, 0.05) is 0 Å². The summed E-state index contributed by atoms with van der Waals surface area (Å²) in [5.74, 6) is 0.790. The first-order valence-corrected chi connectivity index (χ1v) is 5.62. The zero-order valence-corrected chi connectivity index (χ0v) is 10.5. The SMILES string of the molecule is CC(C)(C)OC(=O)NCCOc1ccccc1. The van der Waals surface area contributed by atoms with Gasteiger partial charge >= 0.3 is 6.09 Å². The van der Waals surface area contributed by atoms with Crippen LogP contribution in [0.25, 0.3) is 0 Å². The van der Waals surface area contributed by atoms with Crippen LogP contribution in [0.15, 0.2) is 30.3 Å². The predicted molar refractivity (Wildman–Crippen MR) is 66.2 cm³/mol. The molecule has 0 saturated carbocycles. The topological polar surface area (TPSA) is 47.6 Å². The smallest absolute Gasteiger partial charge is 0.407 e. The van der Waals surface area contributed by atoms with E-state index in [0.717, 1.165) is 5.75 Å². The van der Waals surface area contributed by atoms with Crippen LogP contribution in [0.5, 0.6) is 5.75 Å². The molecule has 0 radical (unpaired) electrons. The number of rotatable bonds is 4. The monoisotopic (exact) mass is 237 g/mol. The maximum Gasteiger partial charge on any atom is 0.407 e. The van der Waals surface area contributed by atoms with Gasteiger partial charge in [0.05, 0.1) is 6.54 Å². The third-order valence-corrected chi connectivity index (χ3v) is 1.78. The van der Waals surface area contributed by atoms with E-state index in [9.17, 15) is 4.79 Å². The Bertz CT molecular complexity index is 343. The molecule has 0 saturated heterocycles. The number of amides is 1. The van der Waals surface area contributed by atoms with Crippen LogP contribution in [-0.4, -0.2) is 24.8 Å². The summed E-state index contributed by atoms with van der Waals surface area (Å²) in [6.07, 6.45) is -0.422. The Kier molecular flexibility index (Phi) is 4.82. The second-order valence-corrected chi connectivity index (χ2v) is 4.59. The second-order valence-electron chi connectivity index (χ2n) is 4.59. The Balaban J connectivity index is 2.14. The Morgan fingerprint density at radius 2 is 1.88 bits per heavy atom. The van der Waals surface area contributed by atoms with E-state index in [2.05, 4.69) is 5.32 Å². The number of ether oxygens (including phenoxy) is 2. The highest BCUT2D eigenvalue weighted by Crippen LogP contribution is 2.08. The standard InChI is InChI=1S/C13H19NO3/c1-13(2,3)17-12(15)14-9-10-16-11-7-5-4-6-8-11/h4-8H,9-10H2,1-3H3,(H,14,15). The van der Waals surface area contributed by atoms with Crippen LogP contribution in [0.4, 0.5) is 4.79 Å². The van der Waals surface area contributed by atoms with Gasteiger partial charge in [0.25, 0.3) is 0 Å². The number of carbonyl (C=O) groups excluding carboxylic acids is 1. The Morgan fingerprint density at radius 3 is 2.47 bits per heavy atom. The lowest BCUT2D eigenvalue weighted by molar-refractivity contribution is 0.0520. The molecule has 0 aliphatic rings. The summed E-state index contributed by atoms with van der Waals surface area (Å²) >= 11 is 0. The van der Waals surface area contributed by atoms with Gasteiger partial charge in [-0.2, -0.15) is 0 Å². The Hall–Kier alpha value is -1.71. The van der Waals surface area contributed by atoms with Gasteiger partial charge in [0.2, 0.25) is 0 Å². The fraction of sp³-hybridized carbons (Fsp3) is 0.462. The van der Waals surface area contributed by atoms with Gasteiger partial charge in [-0.15, -0.1) is 0 Å². The molecule has 1 rings (SSSR count). The molecule has 0 aliphatic heterocycles. The molecule has 1 N–H and O–H groups in total. The van der Waals surface area contributed by atoms with Crippen LogP contribution in [-0.2, 0) is 4.74 Å². The summed E-state index contributed by atoms with van der Waals surface area (Å²) in [6, 6.07) is 9.46. The van der Waals surface area contributed by atoms with Crippen molar-refractivity contribution < 1.29 is 14.3 Å². The summed E-state index contributed by atoms with van der Waals surface area (Å²) in [7, 11) is 0. The highest BCUT2D eigenvalue weighted by Gasteiger charge is 2.15. The van der Waals surface area contributed by atoms with Crippen LogP contribution in [0.2, 0.25) is 0 Å². The molecule has 4 nitrogen and oxygen atoms in total. The minimum Gasteiger partial charge on any atom is -0.492 e. The average molecular weight is 237 g/mol. The minimum atomic E-state index is -0.468. The first-order chi connectivity index (χ1) is 7.97.